The van der Waals surface area contributed by atoms with Crippen molar-refractivity contribution in [2.75, 3.05) is 6.61 Å². The number of amides is 1. The standard InChI is InChI=1S/C16H23NO2/c1-2-12-5-8-14(9-6-12)15(11-18)17-16(19)10-7-13-3-4-13/h5-6,8-9,13,15,18H,2-4,7,10-11H2,1H3,(H,17,19). The average Bonchev–Trinajstić information content (AvgIpc) is 3.27. The molecule has 3 heteroatoms. The number of benzene rings is 1. The lowest BCUT2D eigenvalue weighted by atomic mass is 10.0. The van der Waals surface area contributed by atoms with Gasteiger partial charge in [-0.1, -0.05) is 44.0 Å². The number of aliphatic hydroxyl groups excluding tert-OH is 1. The SMILES string of the molecule is CCc1ccc(C(CO)NC(=O)CCC2CC2)cc1. The highest BCUT2D eigenvalue weighted by molar-refractivity contribution is 5.76. The fourth-order valence-electron chi connectivity index (χ4n) is 2.23. The Morgan fingerprint density at radius 1 is 1.37 bits per heavy atom. The second-order valence-corrected chi connectivity index (χ2v) is 5.38. The smallest absolute Gasteiger partial charge is 0.220 e. The van der Waals surface area contributed by atoms with Crippen LogP contribution in [0.4, 0.5) is 0 Å². The van der Waals surface area contributed by atoms with Crippen molar-refractivity contribution in [1.29, 1.82) is 0 Å². The van der Waals surface area contributed by atoms with Crippen LogP contribution in [0.2, 0.25) is 0 Å². The molecule has 0 heterocycles. The molecule has 1 unspecified atom stereocenters. The van der Waals surface area contributed by atoms with Crippen LogP contribution in [0.1, 0.15) is 49.8 Å². The van der Waals surface area contributed by atoms with E-state index in [0.717, 1.165) is 24.3 Å². The molecule has 3 nitrogen and oxygen atoms in total. The van der Waals surface area contributed by atoms with Gasteiger partial charge < -0.3 is 10.4 Å². The molecule has 1 amide bonds. The summed E-state index contributed by atoms with van der Waals surface area (Å²) in [5.41, 5.74) is 2.24. The number of hydrogen-bond donors (Lipinski definition) is 2. The zero-order valence-corrected chi connectivity index (χ0v) is 11.6. The van der Waals surface area contributed by atoms with Crippen molar-refractivity contribution in [3.8, 4) is 0 Å². The summed E-state index contributed by atoms with van der Waals surface area (Å²) in [4.78, 5) is 11.8. The van der Waals surface area contributed by atoms with Gasteiger partial charge in [0.25, 0.3) is 0 Å². The van der Waals surface area contributed by atoms with Crippen LogP contribution < -0.4 is 5.32 Å². The summed E-state index contributed by atoms with van der Waals surface area (Å²) in [6, 6.07) is 7.79. The molecule has 19 heavy (non-hydrogen) atoms. The van der Waals surface area contributed by atoms with Gasteiger partial charge in [-0.3, -0.25) is 4.79 Å². The number of carbonyl (C=O) groups excluding carboxylic acids is 1. The lowest BCUT2D eigenvalue weighted by molar-refractivity contribution is -0.122. The van der Waals surface area contributed by atoms with Gasteiger partial charge in [0.1, 0.15) is 0 Å². The molecule has 0 bridgehead atoms. The third-order valence-corrected chi connectivity index (χ3v) is 3.78. The summed E-state index contributed by atoms with van der Waals surface area (Å²) in [6.45, 7) is 2.05. The Morgan fingerprint density at radius 2 is 2.05 bits per heavy atom. The molecule has 0 spiro atoms. The normalized spacial score (nSPS) is 16.1. The van der Waals surface area contributed by atoms with E-state index in [1.54, 1.807) is 0 Å². The zero-order valence-electron chi connectivity index (χ0n) is 11.6. The molecular weight excluding hydrogens is 238 g/mol. The van der Waals surface area contributed by atoms with Crippen LogP contribution >= 0.6 is 0 Å². The van der Waals surface area contributed by atoms with E-state index in [9.17, 15) is 9.90 Å². The van der Waals surface area contributed by atoms with Crippen molar-refractivity contribution in [3.63, 3.8) is 0 Å². The minimum absolute atomic E-state index is 0.0468. The monoisotopic (exact) mass is 261 g/mol. The molecule has 0 aliphatic heterocycles. The van der Waals surface area contributed by atoms with Crippen LogP contribution in [0.25, 0.3) is 0 Å². The fourth-order valence-corrected chi connectivity index (χ4v) is 2.23. The lowest BCUT2D eigenvalue weighted by Gasteiger charge is -2.17. The third-order valence-electron chi connectivity index (χ3n) is 3.78. The second-order valence-electron chi connectivity index (χ2n) is 5.38. The minimum Gasteiger partial charge on any atom is -0.394 e. The Labute approximate surface area is 115 Å². The predicted molar refractivity (Wildman–Crippen MR) is 75.7 cm³/mol. The van der Waals surface area contributed by atoms with Gasteiger partial charge in [-0.15, -0.1) is 0 Å². The fraction of sp³-hybridized carbons (Fsp3) is 0.562. The van der Waals surface area contributed by atoms with Crippen LogP contribution in [0.3, 0.4) is 0 Å². The van der Waals surface area contributed by atoms with Crippen LogP contribution in [-0.4, -0.2) is 17.6 Å². The maximum Gasteiger partial charge on any atom is 0.220 e. The third kappa shape index (κ3) is 4.35. The molecule has 1 aromatic carbocycles. The maximum atomic E-state index is 11.8. The van der Waals surface area contributed by atoms with Gasteiger partial charge in [-0.05, 0) is 29.9 Å². The topological polar surface area (TPSA) is 49.3 Å². The maximum absolute atomic E-state index is 11.8. The molecular formula is C16H23NO2. The summed E-state index contributed by atoms with van der Waals surface area (Å²) in [5.74, 6) is 0.813. The molecule has 1 aromatic rings. The van der Waals surface area contributed by atoms with E-state index in [1.807, 2.05) is 24.3 Å². The van der Waals surface area contributed by atoms with Crippen molar-refractivity contribution in [2.24, 2.45) is 5.92 Å². The number of nitrogens with one attached hydrogen (secondary N) is 1. The Bertz CT molecular complexity index is 409. The molecule has 1 aliphatic rings. The second kappa shape index (κ2) is 6.71. The first-order valence-electron chi connectivity index (χ1n) is 7.22. The largest absolute Gasteiger partial charge is 0.394 e. The Morgan fingerprint density at radius 3 is 2.58 bits per heavy atom. The molecule has 104 valence electrons. The molecule has 1 aliphatic carbocycles. The summed E-state index contributed by atoms with van der Waals surface area (Å²) in [6.07, 6.45) is 5.11. The Hall–Kier alpha value is -1.35. The highest BCUT2D eigenvalue weighted by Gasteiger charge is 2.22. The molecule has 1 fully saturated rings. The van der Waals surface area contributed by atoms with Crippen LogP contribution in [0, 0.1) is 5.92 Å². The van der Waals surface area contributed by atoms with Gasteiger partial charge in [-0.2, -0.15) is 0 Å². The molecule has 2 N–H and O–H groups in total. The Kier molecular flexibility index (Phi) is 4.97. The van der Waals surface area contributed by atoms with Gasteiger partial charge in [-0.25, -0.2) is 0 Å². The summed E-state index contributed by atoms with van der Waals surface area (Å²) < 4.78 is 0. The predicted octanol–water partition coefficient (Wildman–Crippen LogP) is 2.59. The summed E-state index contributed by atoms with van der Waals surface area (Å²) in [5, 5.41) is 12.3. The quantitative estimate of drug-likeness (QED) is 0.792. The van der Waals surface area contributed by atoms with E-state index >= 15 is 0 Å². The van der Waals surface area contributed by atoms with Crippen molar-refractivity contribution in [1.82, 2.24) is 5.32 Å². The molecule has 1 atom stereocenters. The van der Waals surface area contributed by atoms with E-state index in [4.69, 9.17) is 0 Å². The van der Waals surface area contributed by atoms with E-state index in [1.165, 1.54) is 18.4 Å². The highest BCUT2D eigenvalue weighted by atomic mass is 16.3. The van der Waals surface area contributed by atoms with Crippen LogP contribution in [0.15, 0.2) is 24.3 Å². The molecule has 0 saturated heterocycles. The van der Waals surface area contributed by atoms with Gasteiger partial charge in [0.2, 0.25) is 5.91 Å². The van der Waals surface area contributed by atoms with Crippen LogP contribution in [-0.2, 0) is 11.2 Å². The lowest BCUT2D eigenvalue weighted by Crippen LogP contribution is -2.30. The van der Waals surface area contributed by atoms with Crippen LogP contribution in [0.5, 0.6) is 0 Å². The van der Waals surface area contributed by atoms with Crippen molar-refractivity contribution in [2.45, 2.75) is 45.1 Å². The van der Waals surface area contributed by atoms with Crippen molar-refractivity contribution < 1.29 is 9.90 Å². The van der Waals surface area contributed by atoms with Gasteiger partial charge >= 0.3 is 0 Å². The number of aryl methyl sites for hydroxylation is 1. The number of aliphatic hydroxyl groups is 1. The van der Waals surface area contributed by atoms with Gasteiger partial charge in [0, 0.05) is 6.42 Å². The molecule has 2 rings (SSSR count). The molecule has 0 aromatic heterocycles. The molecule has 1 saturated carbocycles. The van der Waals surface area contributed by atoms with E-state index in [-0.39, 0.29) is 18.6 Å². The Balaban J connectivity index is 1.88. The summed E-state index contributed by atoms with van der Waals surface area (Å²) in [7, 11) is 0. The van der Waals surface area contributed by atoms with Gasteiger partial charge in [0.15, 0.2) is 0 Å². The number of carbonyl (C=O) groups is 1. The number of rotatable bonds is 7. The van der Waals surface area contributed by atoms with Gasteiger partial charge in [0.05, 0.1) is 12.6 Å². The minimum atomic E-state index is -0.280. The van der Waals surface area contributed by atoms with Crippen molar-refractivity contribution in [3.05, 3.63) is 35.4 Å². The first kappa shape index (κ1) is 14.1. The number of hydrogen-bond acceptors (Lipinski definition) is 2. The van der Waals surface area contributed by atoms with E-state index in [2.05, 4.69) is 12.2 Å². The summed E-state index contributed by atoms with van der Waals surface area (Å²) >= 11 is 0. The average molecular weight is 261 g/mol. The van der Waals surface area contributed by atoms with E-state index in [0.29, 0.717) is 6.42 Å². The zero-order chi connectivity index (χ0) is 13.7. The van der Waals surface area contributed by atoms with Crippen molar-refractivity contribution >= 4 is 5.91 Å². The first-order valence-corrected chi connectivity index (χ1v) is 7.22. The highest BCUT2D eigenvalue weighted by Crippen LogP contribution is 2.33. The molecule has 0 radical (unpaired) electrons. The first-order chi connectivity index (χ1) is 9.22. The van der Waals surface area contributed by atoms with E-state index < -0.39 is 0 Å².